The molecule has 5 nitrogen and oxygen atoms in total. The number of aryl methyl sites for hydroxylation is 2. The fourth-order valence-corrected chi connectivity index (χ4v) is 2.60. The fraction of sp³-hybridized carbons (Fsp3) is 0.474. The predicted octanol–water partition coefficient (Wildman–Crippen LogP) is 4.24. The first-order valence-corrected chi connectivity index (χ1v) is 8.72. The molecule has 1 heterocycles. The summed E-state index contributed by atoms with van der Waals surface area (Å²) >= 11 is 0. The van der Waals surface area contributed by atoms with Gasteiger partial charge in [0, 0.05) is 17.7 Å². The Balaban J connectivity index is 2.03. The van der Waals surface area contributed by atoms with Gasteiger partial charge in [-0.15, -0.1) is 0 Å². The van der Waals surface area contributed by atoms with Crippen molar-refractivity contribution < 1.29 is 4.52 Å². The minimum atomic E-state index is 0.400. The number of benzene rings is 1. The molecule has 130 valence electrons. The van der Waals surface area contributed by atoms with Gasteiger partial charge in [-0.25, -0.2) is 4.99 Å². The molecule has 1 atom stereocenters. The zero-order valence-electron chi connectivity index (χ0n) is 15.1. The van der Waals surface area contributed by atoms with Gasteiger partial charge >= 0.3 is 0 Å². The van der Waals surface area contributed by atoms with Crippen LogP contribution < -0.4 is 11.1 Å². The van der Waals surface area contributed by atoms with Gasteiger partial charge in [0.1, 0.15) is 5.76 Å². The maximum absolute atomic E-state index is 6.02. The van der Waals surface area contributed by atoms with Gasteiger partial charge in [0.2, 0.25) is 0 Å². The van der Waals surface area contributed by atoms with Crippen molar-refractivity contribution >= 4 is 11.6 Å². The van der Waals surface area contributed by atoms with Crippen LogP contribution in [0.5, 0.6) is 0 Å². The second kappa shape index (κ2) is 8.52. The van der Waals surface area contributed by atoms with E-state index in [0.717, 1.165) is 42.0 Å². The van der Waals surface area contributed by atoms with E-state index in [1.807, 2.05) is 19.1 Å². The third-order valence-electron chi connectivity index (χ3n) is 4.38. The second-order valence-corrected chi connectivity index (χ2v) is 6.00. The van der Waals surface area contributed by atoms with Crippen molar-refractivity contribution in [3.05, 3.63) is 46.8 Å². The van der Waals surface area contributed by atoms with E-state index in [0.29, 0.717) is 18.4 Å². The number of nitrogens with one attached hydrogen (secondary N) is 1. The van der Waals surface area contributed by atoms with Crippen LogP contribution >= 0.6 is 0 Å². The van der Waals surface area contributed by atoms with Gasteiger partial charge < -0.3 is 15.6 Å². The van der Waals surface area contributed by atoms with Gasteiger partial charge in [0.25, 0.3) is 0 Å². The molecule has 0 aliphatic carbocycles. The fourth-order valence-electron chi connectivity index (χ4n) is 2.60. The lowest BCUT2D eigenvalue weighted by Crippen LogP contribution is -2.22. The molecule has 0 saturated heterocycles. The zero-order valence-corrected chi connectivity index (χ0v) is 15.1. The highest BCUT2D eigenvalue weighted by atomic mass is 16.5. The third-order valence-corrected chi connectivity index (χ3v) is 4.38. The van der Waals surface area contributed by atoms with Crippen LogP contribution in [0.2, 0.25) is 0 Å². The summed E-state index contributed by atoms with van der Waals surface area (Å²) in [7, 11) is 0. The molecule has 1 aromatic carbocycles. The molecule has 0 aliphatic rings. The first-order chi connectivity index (χ1) is 11.6. The van der Waals surface area contributed by atoms with E-state index in [1.165, 1.54) is 5.56 Å². The van der Waals surface area contributed by atoms with Crippen LogP contribution in [0.4, 0.5) is 5.69 Å². The van der Waals surface area contributed by atoms with E-state index >= 15 is 0 Å². The van der Waals surface area contributed by atoms with Crippen LogP contribution in [0.15, 0.2) is 33.8 Å². The number of anilines is 1. The minimum absolute atomic E-state index is 0.400. The Morgan fingerprint density at radius 2 is 1.92 bits per heavy atom. The Bertz CT molecular complexity index is 652. The summed E-state index contributed by atoms with van der Waals surface area (Å²) in [5, 5.41) is 7.24. The van der Waals surface area contributed by atoms with Gasteiger partial charge in [0.05, 0.1) is 12.2 Å². The van der Waals surface area contributed by atoms with E-state index in [9.17, 15) is 0 Å². The highest BCUT2D eigenvalue weighted by Crippen LogP contribution is 2.20. The molecule has 2 rings (SSSR count). The molecular weight excluding hydrogens is 300 g/mol. The van der Waals surface area contributed by atoms with E-state index in [4.69, 9.17) is 10.3 Å². The predicted molar refractivity (Wildman–Crippen MR) is 99.4 cm³/mol. The Labute approximate surface area is 144 Å². The van der Waals surface area contributed by atoms with Crippen molar-refractivity contribution in [1.29, 1.82) is 0 Å². The van der Waals surface area contributed by atoms with Crippen molar-refractivity contribution in [2.24, 2.45) is 10.7 Å². The number of nitrogens with zero attached hydrogens (tertiary/aromatic N) is 2. The first kappa shape index (κ1) is 18.0. The molecule has 1 unspecified atom stereocenters. The molecule has 0 amide bonds. The van der Waals surface area contributed by atoms with E-state index in [1.54, 1.807) is 0 Å². The number of aliphatic imine (C=N–C) groups is 1. The summed E-state index contributed by atoms with van der Waals surface area (Å²) in [4.78, 5) is 4.44. The number of hydrogen-bond donors (Lipinski definition) is 2. The van der Waals surface area contributed by atoms with E-state index in [-0.39, 0.29) is 0 Å². The van der Waals surface area contributed by atoms with E-state index < -0.39 is 0 Å². The highest BCUT2D eigenvalue weighted by Gasteiger charge is 2.12. The smallest absolute Gasteiger partial charge is 0.193 e. The van der Waals surface area contributed by atoms with Gasteiger partial charge in [0.15, 0.2) is 5.96 Å². The number of guanidine groups is 1. The van der Waals surface area contributed by atoms with Crippen LogP contribution in [0, 0.1) is 0 Å². The van der Waals surface area contributed by atoms with Gasteiger partial charge in [-0.2, -0.15) is 0 Å². The Morgan fingerprint density at radius 3 is 2.50 bits per heavy atom. The maximum atomic E-state index is 6.02. The lowest BCUT2D eigenvalue weighted by atomic mass is 9.99. The number of hydrogen-bond acceptors (Lipinski definition) is 3. The normalized spacial score (nSPS) is 13.1. The molecule has 1 aromatic heterocycles. The standard InChI is InChI=1S/C19H28N4O/c1-5-13(4)14-8-10-15(11-9-14)22-19(20)21-12-16-17(6-2)23-24-18(16)7-3/h8-11,13H,5-7,12H2,1-4H3,(H3,20,21,22). The quantitative estimate of drug-likeness (QED) is 0.589. The summed E-state index contributed by atoms with van der Waals surface area (Å²) in [5.41, 5.74) is 10.3. The van der Waals surface area contributed by atoms with Crippen molar-refractivity contribution in [3.8, 4) is 0 Å². The average Bonchev–Trinajstić information content (AvgIpc) is 3.01. The molecule has 5 heteroatoms. The van der Waals surface area contributed by atoms with Crippen LogP contribution in [-0.4, -0.2) is 11.1 Å². The molecule has 0 saturated carbocycles. The molecular formula is C19H28N4O. The molecule has 0 aliphatic heterocycles. The zero-order chi connectivity index (χ0) is 17.5. The summed E-state index contributed by atoms with van der Waals surface area (Å²) in [6.07, 6.45) is 2.77. The summed E-state index contributed by atoms with van der Waals surface area (Å²) in [6.45, 7) is 9.02. The van der Waals surface area contributed by atoms with Crippen LogP contribution in [0.25, 0.3) is 0 Å². The Kier molecular flexibility index (Phi) is 6.41. The SMILES string of the molecule is CCc1noc(CC)c1CN=C(N)Nc1ccc(C(C)CC)cc1. The minimum Gasteiger partial charge on any atom is -0.370 e. The molecule has 0 fully saturated rings. The third kappa shape index (κ3) is 4.37. The molecule has 0 bridgehead atoms. The van der Waals surface area contributed by atoms with Gasteiger partial charge in [-0.1, -0.05) is 45.0 Å². The molecule has 24 heavy (non-hydrogen) atoms. The monoisotopic (exact) mass is 328 g/mol. The highest BCUT2D eigenvalue weighted by molar-refractivity contribution is 5.92. The largest absolute Gasteiger partial charge is 0.370 e. The summed E-state index contributed by atoms with van der Waals surface area (Å²) in [5.74, 6) is 1.86. The van der Waals surface area contributed by atoms with Crippen LogP contribution in [0.1, 0.15) is 62.6 Å². The average molecular weight is 328 g/mol. The first-order valence-electron chi connectivity index (χ1n) is 8.72. The Morgan fingerprint density at radius 1 is 1.21 bits per heavy atom. The lowest BCUT2D eigenvalue weighted by Gasteiger charge is -2.11. The Hall–Kier alpha value is -2.30. The molecule has 3 N–H and O–H groups in total. The second-order valence-electron chi connectivity index (χ2n) is 6.00. The number of rotatable bonds is 7. The van der Waals surface area contributed by atoms with Crippen molar-refractivity contribution in [3.63, 3.8) is 0 Å². The van der Waals surface area contributed by atoms with Crippen molar-refractivity contribution in [2.45, 2.75) is 59.4 Å². The maximum Gasteiger partial charge on any atom is 0.193 e. The summed E-state index contributed by atoms with van der Waals surface area (Å²) < 4.78 is 5.35. The van der Waals surface area contributed by atoms with Crippen LogP contribution in [0.3, 0.4) is 0 Å². The molecule has 0 spiro atoms. The van der Waals surface area contributed by atoms with Crippen LogP contribution in [-0.2, 0) is 19.4 Å². The topological polar surface area (TPSA) is 76.4 Å². The van der Waals surface area contributed by atoms with Gasteiger partial charge in [-0.3, -0.25) is 0 Å². The molecule has 2 aromatic rings. The van der Waals surface area contributed by atoms with E-state index in [2.05, 4.69) is 48.4 Å². The number of aromatic nitrogens is 1. The van der Waals surface area contributed by atoms with Gasteiger partial charge in [-0.05, 0) is 36.5 Å². The number of nitrogens with two attached hydrogens (primary N) is 1. The molecule has 0 radical (unpaired) electrons. The lowest BCUT2D eigenvalue weighted by molar-refractivity contribution is 0.380. The summed E-state index contributed by atoms with van der Waals surface area (Å²) in [6, 6.07) is 8.35. The van der Waals surface area contributed by atoms with Crippen molar-refractivity contribution in [1.82, 2.24) is 5.16 Å². The van der Waals surface area contributed by atoms with Crippen molar-refractivity contribution in [2.75, 3.05) is 5.32 Å².